The maximum absolute atomic E-state index is 13.1. The largest absolute Gasteiger partial charge is 0.479 e. The molecule has 1 unspecified atom stereocenters. The predicted octanol–water partition coefficient (Wildman–Crippen LogP) is 1.79. The van der Waals surface area contributed by atoms with Crippen molar-refractivity contribution < 1.29 is 14.3 Å². The van der Waals surface area contributed by atoms with E-state index in [0.717, 1.165) is 13.0 Å². The normalized spacial score (nSPS) is 24.8. The Balaban J connectivity index is 2.23. The summed E-state index contributed by atoms with van der Waals surface area (Å²) in [7, 11) is 1.89. The molecule has 1 fully saturated rings. The fourth-order valence-corrected chi connectivity index (χ4v) is 2.44. The number of carbonyl (C=O) groups is 1. The summed E-state index contributed by atoms with van der Waals surface area (Å²) >= 11 is 0. The van der Waals surface area contributed by atoms with E-state index < -0.39 is 11.5 Å². The Labute approximate surface area is 105 Å². The van der Waals surface area contributed by atoms with Gasteiger partial charge in [0.15, 0.2) is 0 Å². The number of carboxylic acids is 1. The number of rotatable bonds is 3. The second kappa shape index (κ2) is 4.94. The molecule has 18 heavy (non-hydrogen) atoms. The van der Waals surface area contributed by atoms with Gasteiger partial charge in [0.1, 0.15) is 11.4 Å². The van der Waals surface area contributed by atoms with Gasteiger partial charge in [-0.15, -0.1) is 0 Å². The molecule has 0 aliphatic carbocycles. The lowest BCUT2D eigenvalue weighted by atomic mass is 9.89. The van der Waals surface area contributed by atoms with Gasteiger partial charge in [-0.25, -0.2) is 9.18 Å². The molecule has 1 heterocycles. The number of hydrogen-bond donors (Lipinski definition) is 2. The average Bonchev–Trinajstić information content (AvgIpc) is 2.28. The predicted molar refractivity (Wildman–Crippen MR) is 67.1 cm³/mol. The van der Waals surface area contributed by atoms with E-state index in [-0.39, 0.29) is 5.82 Å². The van der Waals surface area contributed by atoms with E-state index in [2.05, 4.69) is 5.32 Å². The Hall–Kier alpha value is -1.62. The zero-order chi connectivity index (χ0) is 13.2. The molecular weight excluding hydrogens is 235 g/mol. The van der Waals surface area contributed by atoms with Crippen LogP contribution in [-0.4, -0.2) is 41.7 Å². The van der Waals surface area contributed by atoms with E-state index in [0.29, 0.717) is 18.7 Å². The monoisotopic (exact) mass is 252 g/mol. The number of hydrogen-bond acceptors (Lipinski definition) is 3. The topological polar surface area (TPSA) is 52.6 Å². The van der Waals surface area contributed by atoms with Crippen molar-refractivity contribution in [1.82, 2.24) is 4.90 Å². The summed E-state index contributed by atoms with van der Waals surface area (Å²) in [5, 5.41) is 12.4. The van der Waals surface area contributed by atoms with Crippen molar-refractivity contribution in [2.24, 2.45) is 0 Å². The SMILES string of the molecule is CN1CCCC(Nc2cccc(F)c2)(C(=O)O)C1. The van der Waals surface area contributed by atoms with Gasteiger partial charge in [-0.2, -0.15) is 0 Å². The fraction of sp³-hybridized carbons (Fsp3) is 0.462. The zero-order valence-electron chi connectivity index (χ0n) is 10.3. The zero-order valence-corrected chi connectivity index (χ0v) is 10.3. The van der Waals surface area contributed by atoms with Gasteiger partial charge >= 0.3 is 5.97 Å². The average molecular weight is 252 g/mol. The Morgan fingerprint density at radius 2 is 2.33 bits per heavy atom. The number of carboxylic acid groups (broad SMARTS) is 1. The number of benzene rings is 1. The summed E-state index contributed by atoms with van der Waals surface area (Å²) in [4.78, 5) is 13.5. The number of halogens is 1. The van der Waals surface area contributed by atoms with Gasteiger partial charge in [0.05, 0.1) is 0 Å². The van der Waals surface area contributed by atoms with Crippen LogP contribution in [0.15, 0.2) is 24.3 Å². The maximum Gasteiger partial charge on any atom is 0.330 e. The molecular formula is C13H17FN2O2. The molecule has 1 atom stereocenters. The van der Waals surface area contributed by atoms with E-state index in [1.54, 1.807) is 12.1 Å². The molecule has 0 bridgehead atoms. The van der Waals surface area contributed by atoms with E-state index in [4.69, 9.17) is 0 Å². The van der Waals surface area contributed by atoms with Crippen LogP contribution in [0, 0.1) is 5.82 Å². The molecule has 1 aliphatic heterocycles. The lowest BCUT2D eigenvalue weighted by molar-refractivity contribution is -0.144. The quantitative estimate of drug-likeness (QED) is 0.861. The van der Waals surface area contributed by atoms with Gasteiger partial charge in [0.2, 0.25) is 0 Å². The standard InChI is InChI=1S/C13H17FN2O2/c1-16-7-3-6-13(9-16,12(17)18)15-11-5-2-4-10(14)8-11/h2,4-5,8,15H,3,6-7,9H2,1H3,(H,17,18). The molecule has 1 aromatic rings. The number of nitrogens with zero attached hydrogens (tertiary/aromatic N) is 1. The molecule has 1 aliphatic rings. The summed E-state index contributed by atoms with van der Waals surface area (Å²) in [5.74, 6) is -1.26. The first-order chi connectivity index (χ1) is 8.52. The van der Waals surface area contributed by atoms with E-state index in [1.807, 2.05) is 11.9 Å². The summed E-state index contributed by atoms with van der Waals surface area (Å²) in [6.45, 7) is 1.30. The highest BCUT2D eigenvalue weighted by atomic mass is 19.1. The molecule has 1 saturated heterocycles. The number of nitrogens with one attached hydrogen (secondary N) is 1. The molecule has 98 valence electrons. The van der Waals surface area contributed by atoms with E-state index in [9.17, 15) is 14.3 Å². The number of anilines is 1. The lowest BCUT2D eigenvalue weighted by Crippen LogP contribution is -2.57. The highest BCUT2D eigenvalue weighted by Gasteiger charge is 2.41. The molecule has 2 N–H and O–H groups in total. The van der Waals surface area contributed by atoms with Crippen molar-refractivity contribution in [2.45, 2.75) is 18.4 Å². The third-order valence-corrected chi connectivity index (χ3v) is 3.30. The van der Waals surface area contributed by atoms with Crippen LogP contribution in [0.5, 0.6) is 0 Å². The molecule has 0 saturated carbocycles. The Morgan fingerprint density at radius 1 is 1.56 bits per heavy atom. The highest BCUT2D eigenvalue weighted by molar-refractivity contribution is 5.83. The molecule has 0 aromatic heterocycles. The molecule has 0 spiro atoms. The van der Waals surface area contributed by atoms with Gasteiger partial charge < -0.3 is 15.3 Å². The van der Waals surface area contributed by atoms with Crippen LogP contribution in [-0.2, 0) is 4.79 Å². The number of likely N-dealkylation sites (N-methyl/N-ethyl adjacent to an activating group) is 1. The summed E-state index contributed by atoms with van der Waals surface area (Å²) < 4.78 is 13.1. The first kappa shape index (κ1) is 12.8. The van der Waals surface area contributed by atoms with Crippen LogP contribution in [0.2, 0.25) is 0 Å². The summed E-state index contributed by atoms with van der Waals surface area (Å²) in [6.07, 6.45) is 1.36. The molecule has 0 amide bonds. The summed E-state index contributed by atoms with van der Waals surface area (Å²) in [6, 6.07) is 5.91. The Morgan fingerprint density at radius 3 is 2.94 bits per heavy atom. The number of aliphatic carboxylic acids is 1. The first-order valence-electron chi connectivity index (χ1n) is 5.97. The first-order valence-corrected chi connectivity index (χ1v) is 5.97. The van der Waals surface area contributed by atoms with Gasteiger partial charge in [-0.05, 0) is 44.6 Å². The minimum Gasteiger partial charge on any atom is -0.479 e. The van der Waals surface area contributed by atoms with Crippen molar-refractivity contribution in [1.29, 1.82) is 0 Å². The number of piperidine rings is 1. The second-order valence-electron chi connectivity index (χ2n) is 4.86. The minimum absolute atomic E-state index is 0.371. The van der Waals surface area contributed by atoms with Crippen molar-refractivity contribution >= 4 is 11.7 Å². The van der Waals surface area contributed by atoms with Crippen molar-refractivity contribution in [2.75, 3.05) is 25.5 Å². The van der Waals surface area contributed by atoms with Crippen LogP contribution >= 0.6 is 0 Å². The lowest BCUT2D eigenvalue weighted by Gasteiger charge is -2.39. The van der Waals surface area contributed by atoms with Crippen molar-refractivity contribution in [3.8, 4) is 0 Å². The van der Waals surface area contributed by atoms with Crippen LogP contribution in [0.1, 0.15) is 12.8 Å². The van der Waals surface area contributed by atoms with Crippen molar-refractivity contribution in [3.63, 3.8) is 0 Å². The third-order valence-electron chi connectivity index (χ3n) is 3.30. The molecule has 2 rings (SSSR count). The molecule has 5 heteroatoms. The van der Waals surface area contributed by atoms with Gasteiger partial charge in [-0.3, -0.25) is 0 Å². The Kier molecular flexibility index (Phi) is 3.52. The molecule has 0 radical (unpaired) electrons. The van der Waals surface area contributed by atoms with E-state index >= 15 is 0 Å². The second-order valence-corrected chi connectivity index (χ2v) is 4.86. The van der Waals surface area contributed by atoms with Gasteiger partial charge in [-0.1, -0.05) is 6.07 Å². The maximum atomic E-state index is 13.1. The van der Waals surface area contributed by atoms with Crippen LogP contribution in [0.25, 0.3) is 0 Å². The van der Waals surface area contributed by atoms with Gasteiger partial charge in [0.25, 0.3) is 0 Å². The minimum atomic E-state index is -1.03. The van der Waals surface area contributed by atoms with Crippen LogP contribution < -0.4 is 5.32 Å². The Bertz CT molecular complexity index is 452. The third kappa shape index (κ3) is 2.61. The fourth-order valence-electron chi connectivity index (χ4n) is 2.44. The van der Waals surface area contributed by atoms with Crippen LogP contribution in [0.4, 0.5) is 10.1 Å². The molecule has 4 nitrogen and oxygen atoms in total. The van der Waals surface area contributed by atoms with Crippen LogP contribution in [0.3, 0.4) is 0 Å². The summed E-state index contributed by atoms with van der Waals surface area (Å²) in [5.41, 5.74) is -0.520. The van der Waals surface area contributed by atoms with Crippen molar-refractivity contribution in [3.05, 3.63) is 30.1 Å². The number of likely N-dealkylation sites (tertiary alicyclic amines) is 1. The highest BCUT2D eigenvalue weighted by Crippen LogP contribution is 2.26. The van der Waals surface area contributed by atoms with Gasteiger partial charge in [0, 0.05) is 12.2 Å². The van der Waals surface area contributed by atoms with E-state index in [1.165, 1.54) is 12.1 Å². The molecule has 1 aromatic carbocycles. The smallest absolute Gasteiger partial charge is 0.330 e.